The van der Waals surface area contributed by atoms with Crippen LogP contribution in [0.25, 0.3) is 0 Å². The van der Waals surface area contributed by atoms with E-state index in [1.165, 1.54) is 16.7 Å². The standard InChI is InChI=1S/C16H18NO/c1-12-6-7-13(2)16(9-12)11-17-8-4-5-15(10-17)14(3)18/h4-10H,11H2,1-3H3/q+1. The Hall–Kier alpha value is -1.96. The molecular formula is C16H18NO+. The van der Waals surface area contributed by atoms with E-state index in [4.69, 9.17) is 0 Å². The van der Waals surface area contributed by atoms with E-state index in [1.54, 1.807) is 6.92 Å². The molecule has 92 valence electrons. The molecule has 0 saturated carbocycles. The lowest BCUT2D eigenvalue weighted by Gasteiger charge is -2.04. The van der Waals surface area contributed by atoms with Crippen molar-refractivity contribution in [2.75, 3.05) is 0 Å². The number of rotatable bonds is 3. The molecule has 0 radical (unpaired) electrons. The third kappa shape index (κ3) is 2.83. The molecule has 0 aliphatic rings. The second-order valence-electron chi connectivity index (χ2n) is 4.75. The van der Waals surface area contributed by atoms with Gasteiger partial charge in [0, 0.05) is 11.6 Å². The van der Waals surface area contributed by atoms with E-state index in [9.17, 15) is 4.79 Å². The molecule has 0 fully saturated rings. The third-order valence-electron chi connectivity index (χ3n) is 3.12. The molecule has 0 unspecified atom stereocenters. The number of ketones is 1. The second-order valence-corrected chi connectivity index (χ2v) is 4.75. The summed E-state index contributed by atoms with van der Waals surface area (Å²) < 4.78 is 2.05. The molecule has 2 heteroatoms. The van der Waals surface area contributed by atoms with Crippen molar-refractivity contribution < 1.29 is 9.36 Å². The molecule has 1 aromatic carbocycles. The van der Waals surface area contributed by atoms with Crippen LogP contribution in [0.3, 0.4) is 0 Å². The number of carbonyl (C=O) groups excluding carboxylic acids is 1. The molecule has 0 aliphatic heterocycles. The van der Waals surface area contributed by atoms with Gasteiger partial charge in [-0.2, -0.15) is 0 Å². The van der Waals surface area contributed by atoms with Crippen LogP contribution in [0.15, 0.2) is 42.7 Å². The number of aromatic nitrogens is 1. The van der Waals surface area contributed by atoms with Crippen LogP contribution in [0.5, 0.6) is 0 Å². The first-order valence-electron chi connectivity index (χ1n) is 6.12. The van der Waals surface area contributed by atoms with Crippen LogP contribution in [0.1, 0.15) is 34.0 Å². The van der Waals surface area contributed by atoms with Gasteiger partial charge >= 0.3 is 0 Å². The largest absolute Gasteiger partial charge is 0.294 e. The Morgan fingerprint density at radius 2 is 2.00 bits per heavy atom. The summed E-state index contributed by atoms with van der Waals surface area (Å²) in [7, 11) is 0. The summed E-state index contributed by atoms with van der Waals surface area (Å²) in [5.74, 6) is 0.102. The zero-order valence-electron chi connectivity index (χ0n) is 11.1. The van der Waals surface area contributed by atoms with E-state index in [2.05, 4.69) is 36.6 Å². The average molecular weight is 240 g/mol. The lowest BCUT2D eigenvalue weighted by molar-refractivity contribution is -0.688. The lowest BCUT2D eigenvalue weighted by atomic mass is 10.1. The number of benzene rings is 1. The van der Waals surface area contributed by atoms with Crippen LogP contribution in [0, 0.1) is 13.8 Å². The Kier molecular flexibility index (Phi) is 3.56. The molecule has 0 bridgehead atoms. The van der Waals surface area contributed by atoms with Crippen molar-refractivity contribution in [2.45, 2.75) is 27.3 Å². The van der Waals surface area contributed by atoms with Crippen LogP contribution in [0.2, 0.25) is 0 Å². The summed E-state index contributed by atoms with van der Waals surface area (Å²) in [4.78, 5) is 11.4. The van der Waals surface area contributed by atoms with Gasteiger partial charge in [0.2, 0.25) is 0 Å². The fraction of sp³-hybridized carbons (Fsp3) is 0.250. The minimum atomic E-state index is 0.102. The molecule has 1 heterocycles. The van der Waals surface area contributed by atoms with E-state index in [0.717, 1.165) is 12.1 Å². The Morgan fingerprint density at radius 1 is 1.22 bits per heavy atom. The molecular weight excluding hydrogens is 222 g/mol. The number of nitrogens with zero attached hydrogens (tertiary/aromatic N) is 1. The third-order valence-corrected chi connectivity index (χ3v) is 3.12. The molecule has 0 spiro atoms. The summed E-state index contributed by atoms with van der Waals surface area (Å²) in [6.07, 6.45) is 3.90. The minimum absolute atomic E-state index is 0.102. The van der Waals surface area contributed by atoms with Crippen LogP contribution in [-0.2, 0) is 6.54 Å². The molecule has 0 amide bonds. The lowest BCUT2D eigenvalue weighted by Crippen LogP contribution is -2.34. The smallest absolute Gasteiger partial charge is 0.179 e. The van der Waals surface area contributed by atoms with Crippen LogP contribution < -0.4 is 4.57 Å². The minimum Gasteiger partial charge on any atom is -0.294 e. The Balaban J connectivity index is 2.31. The van der Waals surface area contributed by atoms with Crippen LogP contribution in [-0.4, -0.2) is 5.78 Å². The first kappa shape index (κ1) is 12.5. The van der Waals surface area contributed by atoms with E-state index in [-0.39, 0.29) is 5.78 Å². The van der Waals surface area contributed by atoms with Crippen LogP contribution >= 0.6 is 0 Å². The number of aryl methyl sites for hydroxylation is 2. The molecule has 0 N–H and O–H groups in total. The zero-order valence-corrected chi connectivity index (χ0v) is 11.1. The SMILES string of the molecule is CC(=O)c1ccc[n+](Cc2cc(C)ccc2C)c1. The maximum Gasteiger partial charge on any atom is 0.179 e. The average Bonchev–Trinajstić information content (AvgIpc) is 2.34. The van der Waals surface area contributed by atoms with E-state index in [0.29, 0.717) is 0 Å². The Morgan fingerprint density at radius 3 is 2.72 bits per heavy atom. The van der Waals surface area contributed by atoms with Gasteiger partial charge in [0.1, 0.15) is 0 Å². The summed E-state index contributed by atoms with van der Waals surface area (Å²) in [5, 5.41) is 0. The van der Waals surface area contributed by atoms with Gasteiger partial charge in [-0.1, -0.05) is 17.7 Å². The summed E-state index contributed by atoms with van der Waals surface area (Å²) in [5.41, 5.74) is 4.59. The molecule has 0 atom stereocenters. The summed E-state index contributed by atoms with van der Waals surface area (Å²) in [6, 6.07) is 10.2. The maximum absolute atomic E-state index is 11.4. The number of carbonyl (C=O) groups is 1. The van der Waals surface area contributed by atoms with Crippen molar-refractivity contribution in [3.8, 4) is 0 Å². The Bertz CT molecular complexity index is 587. The van der Waals surface area contributed by atoms with Crippen molar-refractivity contribution in [2.24, 2.45) is 0 Å². The van der Waals surface area contributed by atoms with Gasteiger partial charge in [0.15, 0.2) is 24.7 Å². The number of hydrogen-bond donors (Lipinski definition) is 0. The van der Waals surface area contributed by atoms with E-state index >= 15 is 0 Å². The zero-order chi connectivity index (χ0) is 13.1. The molecule has 0 aliphatic carbocycles. The number of Topliss-reactive ketones (excluding diaryl/α,β-unsaturated/α-hetero) is 1. The quantitative estimate of drug-likeness (QED) is 0.597. The molecule has 2 rings (SSSR count). The van der Waals surface area contributed by atoms with Crippen molar-refractivity contribution >= 4 is 5.78 Å². The predicted octanol–water partition coefficient (Wildman–Crippen LogP) is 2.84. The normalized spacial score (nSPS) is 10.4. The van der Waals surface area contributed by atoms with Gasteiger partial charge in [-0.3, -0.25) is 4.79 Å². The molecule has 1 aromatic heterocycles. The van der Waals surface area contributed by atoms with Crippen molar-refractivity contribution in [3.63, 3.8) is 0 Å². The van der Waals surface area contributed by atoms with Crippen molar-refractivity contribution in [1.29, 1.82) is 0 Å². The first-order chi connectivity index (χ1) is 8.56. The van der Waals surface area contributed by atoms with Gasteiger partial charge in [0.05, 0.1) is 5.56 Å². The van der Waals surface area contributed by atoms with E-state index < -0.39 is 0 Å². The monoisotopic (exact) mass is 240 g/mol. The summed E-state index contributed by atoms with van der Waals surface area (Å²) >= 11 is 0. The first-order valence-corrected chi connectivity index (χ1v) is 6.12. The molecule has 2 nitrogen and oxygen atoms in total. The van der Waals surface area contributed by atoms with Crippen molar-refractivity contribution in [1.82, 2.24) is 0 Å². The molecule has 0 saturated heterocycles. The highest BCUT2D eigenvalue weighted by Gasteiger charge is 2.09. The number of pyridine rings is 1. The van der Waals surface area contributed by atoms with Gasteiger partial charge in [-0.25, -0.2) is 4.57 Å². The van der Waals surface area contributed by atoms with Crippen LogP contribution in [0.4, 0.5) is 0 Å². The topological polar surface area (TPSA) is 20.9 Å². The highest BCUT2D eigenvalue weighted by atomic mass is 16.1. The van der Waals surface area contributed by atoms with Gasteiger partial charge in [-0.15, -0.1) is 0 Å². The maximum atomic E-state index is 11.4. The Labute approximate surface area is 108 Å². The molecule has 2 aromatic rings. The van der Waals surface area contributed by atoms with Gasteiger partial charge in [-0.05, 0) is 38.5 Å². The predicted molar refractivity (Wildman–Crippen MR) is 71.7 cm³/mol. The van der Waals surface area contributed by atoms with Crippen molar-refractivity contribution in [3.05, 3.63) is 65.0 Å². The number of hydrogen-bond acceptors (Lipinski definition) is 1. The van der Waals surface area contributed by atoms with Gasteiger partial charge < -0.3 is 0 Å². The molecule has 18 heavy (non-hydrogen) atoms. The fourth-order valence-electron chi connectivity index (χ4n) is 2.00. The highest BCUT2D eigenvalue weighted by molar-refractivity contribution is 5.93. The fourth-order valence-corrected chi connectivity index (χ4v) is 2.00. The van der Waals surface area contributed by atoms with E-state index in [1.807, 2.05) is 24.5 Å². The summed E-state index contributed by atoms with van der Waals surface area (Å²) in [6.45, 7) is 6.61. The highest BCUT2D eigenvalue weighted by Crippen LogP contribution is 2.10. The van der Waals surface area contributed by atoms with Gasteiger partial charge in [0.25, 0.3) is 0 Å². The second kappa shape index (κ2) is 5.13.